The molecule has 1 aromatic carbocycles. The van der Waals surface area contributed by atoms with Crippen molar-refractivity contribution in [1.82, 2.24) is 4.90 Å². The van der Waals surface area contributed by atoms with Gasteiger partial charge < -0.3 is 9.47 Å². The lowest BCUT2D eigenvalue weighted by molar-refractivity contribution is 0.0886. The first-order valence-electron chi connectivity index (χ1n) is 6.65. The second kappa shape index (κ2) is 6.68. The van der Waals surface area contributed by atoms with Gasteiger partial charge in [-0.05, 0) is 37.1 Å². The fourth-order valence-electron chi connectivity index (χ4n) is 2.09. The predicted molar refractivity (Wildman–Crippen MR) is 73.8 cm³/mol. The van der Waals surface area contributed by atoms with E-state index in [0.29, 0.717) is 19.2 Å². The maximum Gasteiger partial charge on any atom is 0.176 e. The fraction of sp³-hybridized carbons (Fsp3) is 0.533. The minimum Gasteiger partial charge on any atom is -0.497 e. The van der Waals surface area contributed by atoms with E-state index in [2.05, 4.69) is 4.90 Å². The molecule has 0 spiro atoms. The molecular weight excluding hydrogens is 242 g/mol. The van der Waals surface area contributed by atoms with Crippen LogP contribution in [0.2, 0.25) is 0 Å². The maximum absolute atomic E-state index is 12.2. The summed E-state index contributed by atoms with van der Waals surface area (Å²) in [6.45, 7) is 1.97. The third kappa shape index (κ3) is 4.04. The van der Waals surface area contributed by atoms with Crippen molar-refractivity contribution in [2.75, 3.05) is 33.9 Å². The van der Waals surface area contributed by atoms with Gasteiger partial charge in [0.05, 0.1) is 20.3 Å². The van der Waals surface area contributed by atoms with Gasteiger partial charge in [0, 0.05) is 25.3 Å². The van der Waals surface area contributed by atoms with E-state index >= 15 is 0 Å². The molecule has 0 N–H and O–H groups in total. The SMILES string of the molecule is COCCN(CC(=O)c1ccc(OC)cc1)C1CC1. The van der Waals surface area contributed by atoms with E-state index < -0.39 is 0 Å². The number of nitrogens with zero attached hydrogens (tertiary/aromatic N) is 1. The monoisotopic (exact) mass is 263 g/mol. The minimum absolute atomic E-state index is 0.158. The van der Waals surface area contributed by atoms with E-state index in [9.17, 15) is 4.79 Å². The molecule has 0 aliphatic heterocycles. The zero-order valence-electron chi connectivity index (χ0n) is 11.6. The van der Waals surface area contributed by atoms with Crippen molar-refractivity contribution in [2.45, 2.75) is 18.9 Å². The fourth-order valence-corrected chi connectivity index (χ4v) is 2.09. The van der Waals surface area contributed by atoms with Crippen LogP contribution in [0.5, 0.6) is 5.75 Å². The number of ketones is 1. The van der Waals surface area contributed by atoms with Gasteiger partial charge in [-0.1, -0.05) is 0 Å². The summed E-state index contributed by atoms with van der Waals surface area (Å²) in [5.74, 6) is 0.931. The number of methoxy groups -OCH3 is 2. The molecule has 4 heteroatoms. The zero-order chi connectivity index (χ0) is 13.7. The van der Waals surface area contributed by atoms with E-state index in [4.69, 9.17) is 9.47 Å². The standard InChI is InChI=1S/C15H21NO3/c1-18-10-9-16(13-5-6-13)11-15(17)12-3-7-14(19-2)8-4-12/h3-4,7-8,13H,5-6,9-11H2,1-2H3. The Morgan fingerprint density at radius 3 is 2.47 bits per heavy atom. The summed E-state index contributed by atoms with van der Waals surface area (Å²) in [5, 5.41) is 0. The molecular formula is C15H21NO3. The molecule has 0 atom stereocenters. The lowest BCUT2D eigenvalue weighted by Gasteiger charge is -2.20. The highest BCUT2D eigenvalue weighted by Gasteiger charge is 2.30. The first-order chi connectivity index (χ1) is 9.24. The summed E-state index contributed by atoms with van der Waals surface area (Å²) >= 11 is 0. The van der Waals surface area contributed by atoms with Gasteiger partial charge in [-0.3, -0.25) is 9.69 Å². The van der Waals surface area contributed by atoms with Crippen LogP contribution >= 0.6 is 0 Å². The van der Waals surface area contributed by atoms with E-state index in [0.717, 1.165) is 17.9 Å². The van der Waals surface area contributed by atoms with Crippen molar-refractivity contribution in [1.29, 1.82) is 0 Å². The number of hydrogen-bond acceptors (Lipinski definition) is 4. The third-order valence-corrected chi connectivity index (χ3v) is 3.40. The Morgan fingerprint density at radius 2 is 1.95 bits per heavy atom. The van der Waals surface area contributed by atoms with Crippen LogP contribution in [0, 0.1) is 0 Å². The molecule has 0 heterocycles. The normalized spacial score (nSPS) is 14.7. The highest BCUT2D eigenvalue weighted by molar-refractivity contribution is 5.97. The molecule has 1 aliphatic carbocycles. The average Bonchev–Trinajstić information content (AvgIpc) is 3.28. The highest BCUT2D eigenvalue weighted by Crippen LogP contribution is 2.26. The molecule has 4 nitrogen and oxygen atoms in total. The molecule has 0 unspecified atom stereocenters. The van der Waals surface area contributed by atoms with E-state index in [1.165, 1.54) is 12.8 Å². The second-order valence-corrected chi connectivity index (χ2v) is 4.85. The number of carbonyl (C=O) groups is 1. The maximum atomic E-state index is 12.2. The number of hydrogen-bond donors (Lipinski definition) is 0. The van der Waals surface area contributed by atoms with Crippen LogP contribution in [0.1, 0.15) is 23.2 Å². The van der Waals surface area contributed by atoms with Crippen LogP contribution < -0.4 is 4.74 Å². The number of carbonyl (C=O) groups excluding carboxylic acids is 1. The van der Waals surface area contributed by atoms with Crippen molar-refractivity contribution in [3.8, 4) is 5.75 Å². The average molecular weight is 263 g/mol. The number of rotatable bonds is 8. The minimum atomic E-state index is 0.158. The van der Waals surface area contributed by atoms with Gasteiger partial charge in [-0.15, -0.1) is 0 Å². The Balaban J connectivity index is 1.93. The third-order valence-electron chi connectivity index (χ3n) is 3.40. The molecule has 0 saturated heterocycles. The molecule has 0 radical (unpaired) electrons. The van der Waals surface area contributed by atoms with Crippen molar-refractivity contribution >= 4 is 5.78 Å². The van der Waals surface area contributed by atoms with E-state index in [1.54, 1.807) is 14.2 Å². The highest BCUT2D eigenvalue weighted by atomic mass is 16.5. The molecule has 19 heavy (non-hydrogen) atoms. The first kappa shape index (κ1) is 14.0. The van der Waals surface area contributed by atoms with Crippen LogP contribution in [-0.4, -0.2) is 50.6 Å². The number of Topliss-reactive ketones (excluding diaryl/α,β-unsaturated/α-hetero) is 1. The smallest absolute Gasteiger partial charge is 0.176 e. The molecule has 104 valence electrons. The number of benzene rings is 1. The predicted octanol–water partition coefficient (Wildman–Crippen LogP) is 1.99. The molecule has 1 fully saturated rings. The van der Waals surface area contributed by atoms with Crippen LogP contribution in [0.3, 0.4) is 0 Å². The van der Waals surface area contributed by atoms with Gasteiger partial charge in [0.2, 0.25) is 0 Å². The molecule has 0 amide bonds. The van der Waals surface area contributed by atoms with E-state index in [-0.39, 0.29) is 5.78 Å². The van der Waals surface area contributed by atoms with Gasteiger partial charge in [0.15, 0.2) is 5.78 Å². The Morgan fingerprint density at radius 1 is 1.26 bits per heavy atom. The van der Waals surface area contributed by atoms with Gasteiger partial charge in [-0.2, -0.15) is 0 Å². The largest absolute Gasteiger partial charge is 0.497 e. The van der Waals surface area contributed by atoms with Crippen molar-refractivity contribution in [3.05, 3.63) is 29.8 Å². The number of ether oxygens (including phenoxy) is 2. The van der Waals surface area contributed by atoms with Crippen molar-refractivity contribution in [2.24, 2.45) is 0 Å². The Hall–Kier alpha value is -1.39. The molecule has 2 rings (SSSR count). The van der Waals surface area contributed by atoms with E-state index in [1.807, 2.05) is 24.3 Å². The van der Waals surface area contributed by atoms with Crippen LogP contribution in [0.15, 0.2) is 24.3 Å². The Labute approximate surface area is 114 Å². The molecule has 0 aromatic heterocycles. The van der Waals surface area contributed by atoms with Gasteiger partial charge >= 0.3 is 0 Å². The Bertz CT molecular complexity index is 412. The summed E-state index contributed by atoms with van der Waals surface area (Å²) in [7, 11) is 3.31. The summed E-state index contributed by atoms with van der Waals surface area (Å²) in [6, 6.07) is 7.86. The molecule has 1 saturated carbocycles. The summed E-state index contributed by atoms with van der Waals surface area (Å²) in [4.78, 5) is 14.4. The quantitative estimate of drug-likeness (QED) is 0.672. The topological polar surface area (TPSA) is 38.8 Å². The lowest BCUT2D eigenvalue weighted by atomic mass is 10.1. The summed E-state index contributed by atoms with van der Waals surface area (Å²) in [6.07, 6.45) is 2.39. The van der Waals surface area contributed by atoms with Crippen LogP contribution in [0.4, 0.5) is 0 Å². The van der Waals surface area contributed by atoms with Gasteiger partial charge in [0.25, 0.3) is 0 Å². The molecule has 0 bridgehead atoms. The van der Waals surface area contributed by atoms with Crippen molar-refractivity contribution < 1.29 is 14.3 Å². The van der Waals surface area contributed by atoms with Crippen LogP contribution in [0.25, 0.3) is 0 Å². The first-order valence-corrected chi connectivity index (χ1v) is 6.65. The Kier molecular flexibility index (Phi) is 4.93. The summed E-state index contributed by atoms with van der Waals surface area (Å²) in [5.41, 5.74) is 0.740. The molecule has 1 aromatic rings. The lowest BCUT2D eigenvalue weighted by Crippen LogP contribution is -2.34. The van der Waals surface area contributed by atoms with Crippen LogP contribution in [-0.2, 0) is 4.74 Å². The zero-order valence-corrected chi connectivity index (χ0v) is 11.6. The summed E-state index contributed by atoms with van der Waals surface area (Å²) < 4.78 is 10.2. The van der Waals surface area contributed by atoms with Gasteiger partial charge in [-0.25, -0.2) is 0 Å². The second-order valence-electron chi connectivity index (χ2n) is 4.85. The van der Waals surface area contributed by atoms with Crippen molar-refractivity contribution in [3.63, 3.8) is 0 Å². The van der Waals surface area contributed by atoms with Gasteiger partial charge in [0.1, 0.15) is 5.75 Å². The molecule has 1 aliphatic rings.